The summed E-state index contributed by atoms with van der Waals surface area (Å²) in [5.74, 6) is 0.353. The first-order chi connectivity index (χ1) is 14.7. The summed E-state index contributed by atoms with van der Waals surface area (Å²) in [4.78, 5) is 12.6. The van der Waals surface area contributed by atoms with Crippen LogP contribution in [0.3, 0.4) is 0 Å². The molecule has 1 amide bonds. The van der Waals surface area contributed by atoms with Gasteiger partial charge in [-0.3, -0.25) is 9.10 Å². The van der Waals surface area contributed by atoms with Gasteiger partial charge in [0.25, 0.3) is 0 Å². The number of rotatable bonds is 8. The summed E-state index contributed by atoms with van der Waals surface area (Å²) < 4.78 is 44.7. The number of para-hydroxylation sites is 1. The summed E-state index contributed by atoms with van der Waals surface area (Å²) in [5.41, 5.74) is 1.04. The van der Waals surface area contributed by atoms with E-state index in [2.05, 4.69) is 5.32 Å². The van der Waals surface area contributed by atoms with Gasteiger partial charge in [-0.2, -0.15) is 0 Å². The van der Waals surface area contributed by atoms with Crippen molar-refractivity contribution >= 4 is 21.6 Å². The minimum atomic E-state index is -3.74. The smallest absolute Gasteiger partial charge is 0.243 e. The quantitative estimate of drug-likeness (QED) is 0.570. The molecule has 0 aliphatic carbocycles. The molecule has 3 aromatic rings. The van der Waals surface area contributed by atoms with Crippen molar-refractivity contribution in [1.82, 2.24) is 5.32 Å². The van der Waals surface area contributed by atoms with Crippen LogP contribution in [0.5, 0.6) is 11.5 Å². The zero-order valence-electron chi connectivity index (χ0n) is 17.2. The number of ether oxygens (including phenoxy) is 1. The van der Waals surface area contributed by atoms with Crippen LogP contribution in [0.25, 0.3) is 0 Å². The van der Waals surface area contributed by atoms with Crippen LogP contribution < -0.4 is 14.4 Å². The molecule has 3 rings (SSSR count). The molecule has 0 radical (unpaired) electrons. The highest BCUT2D eigenvalue weighted by Crippen LogP contribution is 2.27. The highest BCUT2D eigenvalue weighted by Gasteiger charge is 2.29. The third kappa shape index (κ3) is 6.05. The number of carbonyl (C=O) groups is 1. The number of halogens is 1. The third-order valence-corrected chi connectivity index (χ3v) is 5.78. The molecule has 3 aromatic carbocycles. The molecule has 0 saturated heterocycles. The van der Waals surface area contributed by atoms with E-state index in [1.165, 1.54) is 19.1 Å². The van der Waals surface area contributed by atoms with Crippen LogP contribution in [-0.4, -0.2) is 26.6 Å². The van der Waals surface area contributed by atoms with Crippen molar-refractivity contribution in [1.29, 1.82) is 0 Å². The maximum atomic E-state index is 13.0. The Morgan fingerprint density at radius 2 is 1.55 bits per heavy atom. The van der Waals surface area contributed by atoms with Crippen LogP contribution in [-0.2, 0) is 21.4 Å². The van der Waals surface area contributed by atoms with Crippen LogP contribution >= 0.6 is 0 Å². The number of amides is 1. The second kappa shape index (κ2) is 9.61. The number of sulfonamides is 1. The van der Waals surface area contributed by atoms with E-state index in [0.717, 1.165) is 10.6 Å². The Hall–Kier alpha value is -3.39. The van der Waals surface area contributed by atoms with Gasteiger partial charge in [-0.15, -0.1) is 0 Å². The molecule has 1 unspecified atom stereocenters. The summed E-state index contributed by atoms with van der Waals surface area (Å²) in [6.45, 7) is 1.67. The summed E-state index contributed by atoms with van der Waals surface area (Å²) in [7, 11) is -3.74. The lowest BCUT2D eigenvalue weighted by molar-refractivity contribution is -0.122. The molecule has 0 bridgehead atoms. The van der Waals surface area contributed by atoms with Crippen molar-refractivity contribution in [3.05, 3.63) is 90.2 Å². The van der Waals surface area contributed by atoms with E-state index in [1.54, 1.807) is 36.4 Å². The Morgan fingerprint density at radius 3 is 2.13 bits per heavy atom. The maximum absolute atomic E-state index is 13.0. The molecule has 0 aliphatic rings. The lowest BCUT2D eigenvalue weighted by atomic mass is 10.2. The van der Waals surface area contributed by atoms with Gasteiger partial charge in [0.15, 0.2) is 0 Å². The predicted molar refractivity (Wildman–Crippen MR) is 118 cm³/mol. The average Bonchev–Trinajstić information content (AvgIpc) is 2.74. The van der Waals surface area contributed by atoms with Gasteiger partial charge in [0.2, 0.25) is 15.9 Å². The van der Waals surface area contributed by atoms with Gasteiger partial charge < -0.3 is 10.1 Å². The summed E-state index contributed by atoms with van der Waals surface area (Å²) in [6, 6.07) is 20.4. The van der Waals surface area contributed by atoms with Crippen molar-refractivity contribution in [2.45, 2.75) is 19.5 Å². The highest BCUT2D eigenvalue weighted by molar-refractivity contribution is 7.92. The first-order valence-corrected chi connectivity index (χ1v) is 11.4. The minimum absolute atomic E-state index is 0.158. The molecule has 0 aromatic heterocycles. The standard InChI is InChI=1S/C23H23FN2O4S/c1-17(23(27)25-16-18-8-10-19(24)11-9-18)26(31(2,28)29)20-12-14-22(15-13-20)30-21-6-4-3-5-7-21/h3-15,17H,16H2,1-2H3,(H,25,27). The van der Waals surface area contributed by atoms with Crippen LogP contribution in [0.1, 0.15) is 12.5 Å². The first kappa shape index (κ1) is 22.3. The van der Waals surface area contributed by atoms with E-state index in [1.807, 2.05) is 30.3 Å². The van der Waals surface area contributed by atoms with E-state index in [-0.39, 0.29) is 12.4 Å². The van der Waals surface area contributed by atoms with Crippen molar-refractivity contribution in [3.8, 4) is 11.5 Å². The van der Waals surface area contributed by atoms with Gasteiger partial charge in [-0.1, -0.05) is 30.3 Å². The van der Waals surface area contributed by atoms with E-state index >= 15 is 0 Å². The van der Waals surface area contributed by atoms with E-state index < -0.39 is 22.0 Å². The molecule has 6 nitrogen and oxygen atoms in total. The number of hydrogen-bond donors (Lipinski definition) is 1. The normalized spacial score (nSPS) is 12.1. The summed E-state index contributed by atoms with van der Waals surface area (Å²) >= 11 is 0. The zero-order valence-corrected chi connectivity index (χ0v) is 18.0. The van der Waals surface area contributed by atoms with Gasteiger partial charge in [-0.25, -0.2) is 12.8 Å². The Morgan fingerprint density at radius 1 is 0.968 bits per heavy atom. The number of carbonyl (C=O) groups excluding carboxylic acids is 1. The second-order valence-electron chi connectivity index (χ2n) is 6.99. The lowest BCUT2D eigenvalue weighted by Gasteiger charge is -2.28. The molecule has 1 N–H and O–H groups in total. The lowest BCUT2D eigenvalue weighted by Crippen LogP contribution is -2.47. The van der Waals surface area contributed by atoms with E-state index in [0.29, 0.717) is 22.7 Å². The molecular formula is C23H23FN2O4S. The van der Waals surface area contributed by atoms with E-state index in [9.17, 15) is 17.6 Å². The summed E-state index contributed by atoms with van der Waals surface area (Å²) in [6.07, 6.45) is 1.05. The maximum Gasteiger partial charge on any atom is 0.243 e. The Bertz CT molecular complexity index is 1120. The fourth-order valence-corrected chi connectivity index (χ4v) is 4.21. The summed E-state index contributed by atoms with van der Waals surface area (Å²) in [5, 5.41) is 2.69. The molecule has 0 spiro atoms. The Balaban J connectivity index is 1.73. The van der Waals surface area contributed by atoms with Gasteiger partial charge in [0.05, 0.1) is 11.9 Å². The van der Waals surface area contributed by atoms with E-state index in [4.69, 9.17) is 4.74 Å². The molecule has 0 saturated carbocycles. The van der Waals surface area contributed by atoms with Crippen molar-refractivity contribution in [3.63, 3.8) is 0 Å². The Kier molecular flexibility index (Phi) is 6.91. The second-order valence-corrected chi connectivity index (χ2v) is 8.85. The van der Waals surface area contributed by atoms with Crippen LogP contribution in [0, 0.1) is 5.82 Å². The molecule has 31 heavy (non-hydrogen) atoms. The van der Waals surface area contributed by atoms with Gasteiger partial charge in [-0.05, 0) is 61.0 Å². The molecular weight excluding hydrogens is 419 g/mol. The SMILES string of the molecule is CC(C(=O)NCc1ccc(F)cc1)N(c1ccc(Oc2ccccc2)cc1)S(C)(=O)=O. The number of nitrogens with zero attached hydrogens (tertiary/aromatic N) is 1. The number of nitrogens with one attached hydrogen (secondary N) is 1. The fourth-order valence-electron chi connectivity index (χ4n) is 3.03. The third-order valence-electron chi connectivity index (χ3n) is 4.54. The molecule has 0 heterocycles. The highest BCUT2D eigenvalue weighted by atomic mass is 32.2. The number of anilines is 1. The Labute approximate surface area is 181 Å². The average molecular weight is 443 g/mol. The molecule has 0 aliphatic heterocycles. The molecule has 8 heteroatoms. The van der Waals surface area contributed by atoms with Crippen molar-refractivity contribution in [2.75, 3.05) is 10.6 Å². The van der Waals surface area contributed by atoms with Crippen molar-refractivity contribution in [2.24, 2.45) is 0 Å². The monoisotopic (exact) mass is 442 g/mol. The van der Waals surface area contributed by atoms with Gasteiger partial charge in [0.1, 0.15) is 23.4 Å². The first-order valence-electron chi connectivity index (χ1n) is 9.58. The molecule has 1 atom stereocenters. The topological polar surface area (TPSA) is 75.7 Å². The molecule has 162 valence electrons. The van der Waals surface area contributed by atoms with Gasteiger partial charge in [0, 0.05) is 6.54 Å². The minimum Gasteiger partial charge on any atom is -0.457 e. The number of benzene rings is 3. The predicted octanol–water partition coefficient (Wildman–Crippen LogP) is 4.09. The van der Waals surface area contributed by atoms with Gasteiger partial charge >= 0.3 is 0 Å². The largest absolute Gasteiger partial charge is 0.457 e. The zero-order chi connectivity index (χ0) is 22.4. The van der Waals surface area contributed by atoms with Crippen LogP contribution in [0.15, 0.2) is 78.9 Å². The number of hydrogen-bond acceptors (Lipinski definition) is 4. The fraction of sp³-hybridized carbons (Fsp3) is 0.174. The molecule has 0 fully saturated rings. The van der Waals surface area contributed by atoms with Crippen LogP contribution in [0.2, 0.25) is 0 Å². The van der Waals surface area contributed by atoms with Crippen molar-refractivity contribution < 1.29 is 22.3 Å². The van der Waals surface area contributed by atoms with Crippen LogP contribution in [0.4, 0.5) is 10.1 Å².